The first kappa shape index (κ1) is 15.1. The summed E-state index contributed by atoms with van der Waals surface area (Å²) >= 11 is 9.93. The van der Waals surface area contributed by atoms with Gasteiger partial charge >= 0.3 is 6.01 Å². The van der Waals surface area contributed by atoms with E-state index in [-0.39, 0.29) is 11.8 Å². The van der Waals surface area contributed by atoms with Gasteiger partial charge in [-0.05, 0) is 12.1 Å². The third kappa shape index (κ3) is 5.94. The van der Waals surface area contributed by atoms with E-state index in [2.05, 4.69) is 32.5 Å². The van der Waals surface area contributed by atoms with Crippen LogP contribution in [0.3, 0.4) is 0 Å². The lowest BCUT2D eigenvalue weighted by atomic mass is 10.4. The maximum absolute atomic E-state index is 12.5. The Morgan fingerprint density at radius 2 is 2.05 bits per heavy atom. The number of hydrogen-bond donors (Lipinski definition) is 2. The second-order valence-electron chi connectivity index (χ2n) is 3.02. The summed E-state index contributed by atoms with van der Waals surface area (Å²) in [5.41, 5.74) is 8.43. The molecule has 0 radical (unpaired) electrons. The summed E-state index contributed by atoms with van der Waals surface area (Å²) in [5.74, 6) is -0.962. The van der Waals surface area contributed by atoms with Gasteiger partial charge in [0.15, 0.2) is 11.6 Å². The summed E-state index contributed by atoms with van der Waals surface area (Å²) in [6.07, 6.45) is 0.905. The van der Waals surface area contributed by atoms with Crippen molar-refractivity contribution < 1.29 is 9.23 Å². The van der Waals surface area contributed by atoms with Crippen molar-refractivity contribution in [1.82, 2.24) is 15.4 Å². The van der Waals surface area contributed by atoms with Crippen LogP contribution in [0.2, 0.25) is 5.02 Å². The fourth-order valence-electron chi connectivity index (χ4n) is 0.904. The van der Waals surface area contributed by atoms with Crippen LogP contribution in [0.1, 0.15) is 0 Å². The van der Waals surface area contributed by atoms with Crippen LogP contribution < -0.4 is 16.1 Å². The normalized spacial score (nSPS) is 8.95. The molecule has 2 aromatic rings. The molecule has 1 heterocycles. The van der Waals surface area contributed by atoms with Gasteiger partial charge in [-0.2, -0.15) is 9.97 Å². The molecule has 100 valence electrons. The zero-order chi connectivity index (χ0) is 14.1. The number of hydrogen-bond acceptors (Lipinski definition) is 5. The van der Waals surface area contributed by atoms with Crippen LogP contribution in [-0.4, -0.2) is 15.5 Å². The molecule has 0 aliphatic heterocycles. The molecule has 0 aliphatic rings. The Labute approximate surface area is 119 Å². The number of nitrogens with zero attached hydrogens (tertiary/aromatic N) is 2. The predicted molar refractivity (Wildman–Crippen MR) is 75.3 cm³/mol. The number of benzene rings is 1. The van der Waals surface area contributed by atoms with Crippen molar-refractivity contribution in [2.75, 3.05) is 5.73 Å². The molecule has 0 amide bonds. The van der Waals surface area contributed by atoms with Gasteiger partial charge in [-0.3, -0.25) is 0 Å². The number of anilines is 1. The van der Waals surface area contributed by atoms with Crippen LogP contribution in [-0.2, 0) is 0 Å². The minimum atomic E-state index is -0.690. The first-order chi connectivity index (χ1) is 9.13. The SMILES string of the molecule is Clc1ccccc1.Nc1nc(ONC=S)ncc1F. The molecule has 8 heteroatoms. The van der Waals surface area contributed by atoms with E-state index in [1.807, 2.05) is 30.3 Å². The molecule has 0 saturated carbocycles. The third-order valence-corrected chi connectivity index (χ3v) is 2.03. The maximum atomic E-state index is 12.5. The number of thiocarbonyl (C=S) groups is 1. The van der Waals surface area contributed by atoms with E-state index in [0.717, 1.165) is 16.7 Å². The number of halogens is 2. The van der Waals surface area contributed by atoms with Crippen LogP contribution >= 0.6 is 23.8 Å². The second-order valence-corrected chi connectivity index (χ2v) is 3.69. The molecule has 1 aromatic carbocycles. The summed E-state index contributed by atoms with van der Waals surface area (Å²) < 4.78 is 12.5. The first-order valence-corrected chi connectivity index (χ1v) is 5.83. The molecule has 0 fully saturated rings. The van der Waals surface area contributed by atoms with Gasteiger partial charge in [-0.1, -0.05) is 42.0 Å². The van der Waals surface area contributed by atoms with Crippen molar-refractivity contribution in [2.45, 2.75) is 0 Å². The van der Waals surface area contributed by atoms with Crippen LogP contribution in [0.15, 0.2) is 36.5 Å². The number of nitrogens with one attached hydrogen (secondary N) is 1. The number of rotatable bonds is 3. The highest BCUT2D eigenvalue weighted by Gasteiger charge is 2.02. The van der Waals surface area contributed by atoms with E-state index >= 15 is 0 Å². The topological polar surface area (TPSA) is 73.1 Å². The Morgan fingerprint density at radius 3 is 2.53 bits per heavy atom. The fraction of sp³-hybridized carbons (Fsp3) is 0. The Balaban J connectivity index is 0.000000218. The molecular formula is C11H10ClFN4OS. The highest BCUT2D eigenvalue weighted by atomic mass is 35.5. The van der Waals surface area contributed by atoms with Crippen molar-refractivity contribution in [3.63, 3.8) is 0 Å². The number of nitrogens with two attached hydrogens (primary N) is 1. The van der Waals surface area contributed by atoms with Gasteiger partial charge in [-0.15, -0.1) is 0 Å². The lowest BCUT2D eigenvalue weighted by Crippen LogP contribution is -2.16. The minimum Gasteiger partial charge on any atom is -0.381 e. The molecule has 0 aliphatic carbocycles. The molecule has 0 saturated heterocycles. The summed E-state index contributed by atoms with van der Waals surface area (Å²) in [4.78, 5) is 11.5. The molecule has 5 nitrogen and oxygen atoms in total. The minimum absolute atomic E-state index is 0.0880. The molecule has 3 N–H and O–H groups in total. The smallest absolute Gasteiger partial charge is 0.344 e. The summed E-state index contributed by atoms with van der Waals surface area (Å²) in [7, 11) is 0. The molecule has 2 rings (SSSR count). The van der Waals surface area contributed by atoms with Gasteiger partial charge in [0.25, 0.3) is 0 Å². The lowest BCUT2D eigenvalue weighted by Gasteiger charge is -2.00. The van der Waals surface area contributed by atoms with E-state index in [1.165, 1.54) is 0 Å². The monoisotopic (exact) mass is 300 g/mol. The van der Waals surface area contributed by atoms with E-state index in [9.17, 15) is 4.39 Å². The van der Waals surface area contributed by atoms with E-state index in [4.69, 9.17) is 17.3 Å². The van der Waals surface area contributed by atoms with Gasteiger partial charge in [0.05, 0.1) is 11.7 Å². The molecule has 0 spiro atoms. The van der Waals surface area contributed by atoms with E-state index < -0.39 is 5.82 Å². The summed E-state index contributed by atoms with van der Waals surface area (Å²) in [5, 5.41) is 0.794. The van der Waals surface area contributed by atoms with Gasteiger partial charge in [0.1, 0.15) is 0 Å². The van der Waals surface area contributed by atoms with E-state index in [1.54, 1.807) is 0 Å². The average molecular weight is 301 g/mol. The Kier molecular flexibility index (Phi) is 6.48. The molecule has 0 unspecified atom stereocenters. The molecule has 19 heavy (non-hydrogen) atoms. The van der Waals surface area contributed by atoms with Gasteiger partial charge in [-0.25, -0.2) is 9.87 Å². The second kappa shape index (κ2) is 8.17. The number of hydroxylamine groups is 1. The molecule has 1 aromatic heterocycles. The highest BCUT2D eigenvalue weighted by molar-refractivity contribution is 7.78. The first-order valence-electron chi connectivity index (χ1n) is 4.98. The van der Waals surface area contributed by atoms with Crippen LogP contribution in [0.25, 0.3) is 0 Å². The van der Waals surface area contributed by atoms with E-state index in [0.29, 0.717) is 0 Å². The zero-order valence-electron chi connectivity index (χ0n) is 9.59. The summed E-state index contributed by atoms with van der Waals surface area (Å²) in [6, 6.07) is 9.36. The Hall–Kier alpha value is -1.99. The van der Waals surface area contributed by atoms with Crippen molar-refractivity contribution in [3.8, 4) is 6.01 Å². The standard InChI is InChI=1S/C6H5Cl.C5H5FN4OS/c7-6-4-2-1-3-5-6;6-3-1-8-5(10-4(3)7)11-9-2-12/h1-5H;1-2H,(H,9,12)(H2,7,8,10). The van der Waals surface area contributed by atoms with Crippen LogP contribution in [0, 0.1) is 5.82 Å². The quantitative estimate of drug-likeness (QED) is 0.670. The van der Waals surface area contributed by atoms with Crippen molar-refractivity contribution in [3.05, 3.63) is 47.4 Å². The Morgan fingerprint density at radius 1 is 1.37 bits per heavy atom. The van der Waals surface area contributed by atoms with Crippen molar-refractivity contribution in [2.24, 2.45) is 0 Å². The highest BCUT2D eigenvalue weighted by Crippen LogP contribution is 2.07. The lowest BCUT2D eigenvalue weighted by molar-refractivity contribution is 0.245. The predicted octanol–water partition coefficient (Wildman–Crippen LogP) is 2.38. The number of nitrogen functional groups attached to an aromatic ring is 1. The Bertz CT molecular complexity index is 529. The van der Waals surface area contributed by atoms with Crippen molar-refractivity contribution >= 4 is 35.1 Å². The van der Waals surface area contributed by atoms with Gasteiger partial charge < -0.3 is 10.6 Å². The average Bonchev–Trinajstić information content (AvgIpc) is 2.42. The largest absolute Gasteiger partial charge is 0.381 e. The number of aromatic nitrogens is 2. The maximum Gasteiger partial charge on any atom is 0.344 e. The molecule has 0 bridgehead atoms. The third-order valence-electron chi connectivity index (χ3n) is 1.68. The van der Waals surface area contributed by atoms with Crippen LogP contribution in [0.4, 0.5) is 10.2 Å². The molecular weight excluding hydrogens is 291 g/mol. The van der Waals surface area contributed by atoms with Gasteiger partial charge in [0, 0.05) is 5.02 Å². The zero-order valence-corrected chi connectivity index (χ0v) is 11.2. The van der Waals surface area contributed by atoms with Crippen LogP contribution in [0.5, 0.6) is 6.01 Å². The molecule has 0 atom stereocenters. The summed E-state index contributed by atoms with van der Waals surface area (Å²) in [6.45, 7) is 0. The van der Waals surface area contributed by atoms with Crippen molar-refractivity contribution in [1.29, 1.82) is 0 Å². The van der Waals surface area contributed by atoms with Gasteiger partial charge in [0.2, 0.25) is 0 Å². The fourth-order valence-corrected chi connectivity index (χ4v) is 1.10.